The zero-order chi connectivity index (χ0) is 20.3. The van der Waals surface area contributed by atoms with Crippen LogP contribution in [0.4, 0.5) is 0 Å². The molecule has 1 saturated heterocycles. The molecule has 0 bridgehead atoms. The molecular weight excluding hydrogens is 422 g/mol. The summed E-state index contributed by atoms with van der Waals surface area (Å²) in [6.07, 6.45) is 2.76. The fourth-order valence-corrected chi connectivity index (χ4v) is 4.30. The molecule has 152 valence electrons. The molecule has 0 atom stereocenters. The van der Waals surface area contributed by atoms with Crippen molar-refractivity contribution in [1.29, 1.82) is 0 Å². The number of piperidine rings is 1. The molecule has 2 aliphatic rings. The van der Waals surface area contributed by atoms with E-state index < -0.39 is 0 Å². The SMILES string of the molecule is CC(C)CN1CCC(NC(=O)CCCN2C(=O)c3ccc(Br)cc3C2=O)CC1. The molecule has 1 N–H and O–H groups in total. The fraction of sp³-hybridized carbons (Fsp3) is 0.571. The van der Waals surface area contributed by atoms with Crippen LogP contribution in [0.1, 0.15) is 60.2 Å². The van der Waals surface area contributed by atoms with Gasteiger partial charge in [0.25, 0.3) is 11.8 Å². The second-order valence-corrected chi connectivity index (χ2v) is 9.01. The van der Waals surface area contributed by atoms with E-state index in [0.717, 1.165) is 36.9 Å². The van der Waals surface area contributed by atoms with Crippen molar-refractivity contribution >= 4 is 33.7 Å². The third-order valence-corrected chi connectivity index (χ3v) is 5.79. The molecule has 0 radical (unpaired) electrons. The number of benzene rings is 1. The quantitative estimate of drug-likeness (QED) is 0.649. The van der Waals surface area contributed by atoms with Crippen LogP contribution in [0.15, 0.2) is 22.7 Å². The number of likely N-dealkylation sites (tertiary alicyclic amines) is 1. The van der Waals surface area contributed by atoms with Crippen LogP contribution in [0.25, 0.3) is 0 Å². The lowest BCUT2D eigenvalue weighted by molar-refractivity contribution is -0.122. The first-order valence-corrected chi connectivity index (χ1v) is 10.8. The number of carbonyl (C=O) groups excluding carboxylic acids is 3. The van der Waals surface area contributed by atoms with Crippen molar-refractivity contribution < 1.29 is 14.4 Å². The number of nitrogens with zero attached hydrogens (tertiary/aromatic N) is 2. The maximum absolute atomic E-state index is 12.4. The topological polar surface area (TPSA) is 69.7 Å². The molecule has 0 unspecified atom stereocenters. The Bertz CT molecular complexity index is 757. The minimum atomic E-state index is -0.278. The first-order chi connectivity index (χ1) is 13.3. The Labute approximate surface area is 174 Å². The van der Waals surface area contributed by atoms with E-state index in [-0.39, 0.29) is 30.3 Å². The minimum Gasteiger partial charge on any atom is -0.353 e. The summed E-state index contributed by atoms with van der Waals surface area (Å²) in [7, 11) is 0. The molecule has 28 heavy (non-hydrogen) atoms. The lowest BCUT2D eigenvalue weighted by Crippen LogP contribution is -2.45. The van der Waals surface area contributed by atoms with Crippen LogP contribution in [0, 0.1) is 5.92 Å². The van der Waals surface area contributed by atoms with Gasteiger partial charge in [-0.3, -0.25) is 19.3 Å². The molecule has 0 saturated carbocycles. The second kappa shape index (κ2) is 9.18. The van der Waals surface area contributed by atoms with E-state index in [0.29, 0.717) is 29.9 Å². The number of halogens is 1. The average Bonchev–Trinajstić information content (AvgIpc) is 2.87. The predicted octanol–water partition coefficient (Wildman–Crippen LogP) is 3.06. The van der Waals surface area contributed by atoms with Gasteiger partial charge in [-0.1, -0.05) is 29.8 Å². The van der Waals surface area contributed by atoms with Crippen LogP contribution in [0.5, 0.6) is 0 Å². The average molecular weight is 450 g/mol. The van der Waals surface area contributed by atoms with Crippen molar-refractivity contribution in [2.24, 2.45) is 5.92 Å². The summed E-state index contributed by atoms with van der Waals surface area (Å²) in [6, 6.07) is 5.33. The van der Waals surface area contributed by atoms with E-state index in [1.807, 2.05) is 0 Å². The number of imide groups is 1. The van der Waals surface area contributed by atoms with Gasteiger partial charge in [0, 0.05) is 43.1 Å². The van der Waals surface area contributed by atoms with Gasteiger partial charge in [-0.15, -0.1) is 0 Å². The largest absolute Gasteiger partial charge is 0.353 e. The normalized spacial score (nSPS) is 18.1. The molecule has 0 spiro atoms. The van der Waals surface area contributed by atoms with Gasteiger partial charge in [0.1, 0.15) is 0 Å². The Balaban J connectivity index is 1.41. The fourth-order valence-electron chi connectivity index (χ4n) is 3.94. The second-order valence-electron chi connectivity index (χ2n) is 8.09. The van der Waals surface area contributed by atoms with Crippen molar-refractivity contribution in [3.8, 4) is 0 Å². The maximum atomic E-state index is 12.4. The summed E-state index contributed by atoms with van der Waals surface area (Å²) in [5.74, 6) is 0.112. The summed E-state index contributed by atoms with van der Waals surface area (Å²) >= 11 is 3.33. The highest BCUT2D eigenvalue weighted by atomic mass is 79.9. The maximum Gasteiger partial charge on any atom is 0.261 e. The van der Waals surface area contributed by atoms with Gasteiger partial charge in [0.15, 0.2) is 0 Å². The zero-order valence-electron chi connectivity index (χ0n) is 16.5. The summed E-state index contributed by atoms with van der Waals surface area (Å²) in [5.41, 5.74) is 0.864. The van der Waals surface area contributed by atoms with Gasteiger partial charge >= 0.3 is 0 Å². The molecule has 1 aromatic carbocycles. The summed E-state index contributed by atoms with van der Waals surface area (Å²) in [6.45, 7) is 7.87. The summed E-state index contributed by atoms with van der Waals surface area (Å²) < 4.78 is 0.771. The highest BCUT2D eigenvalue weighted by Gasteiger charge is 2.35. The van der Waals surface area contributed by atoms with Crippen LogP contribution in [-0.2, 0) is 4.79 Å². The van der Waals surface area contributed by atoms with Crippen LogP contribution >= 0.6 is 15.9 Å². The minimum absolute atomic E-state index is 0.00154. The highest BCUT2D eigenvalue weighted by molar-refractivity contribution is 9.10. The van der Waals surface area contributed by atoms with Crippen molar-refractivity contribution in [3.63, 3.8) is 0 Å². The lowest BCUT2D eigenvalue weighted by Gasteiger charge is -2.33. The summed E-state index contributed by atoms with van der Waals surface area (Å²) in [4.78, 5) is 40.8. The van der Waals surface area contributed by atoms with Crippen molar-refractivity contribution in [1.82, 2.24) is 15.1 Å². The Kier molecular flexibility index (Phi) is 6.88. The lowest BCUT2D eigenvalue weighted by atomic mass is 10.0. The van der Waals surface area contributed by atoms with E-state index in [1.54, 1.807) is 18.2 Å². The number of nitrogens with one attached hydrogen (secondary N) is 1. The van der Waals surface area contributed by atoms with Crippen molar-refractivity contribution in [2.45, 2.75) is 45.6 Å². The van der Waals surface area contributed by atoms with Gasteiger partial charge < -0.3 is 10.2 Å². The molecule has 1 fully saturated rings. The number of hydrogen-bond acceptors (Lipinski definition) is 4. The number of fused-ring (bicyclic) bond motifs is 1. The molecule has 0 aliphatic carbocycles. The van der Waals surface area contributed by atoms with Crippen LogP contribution < -0.4 is 5.32 Å². The van der Waals surface area contributed by atoms with E-state index in [2.05, 4.69) is 40.0 Å². The molecule has 2 aliphatic heterocycles. The third kappa shape index (κ3) is 5.00. The van der Waals surface area contributed by atoms with Crippen LogP contribution in [0.2, 0.25) is 0 Å². The van der Waals surface area contributed by atoms with E-state index in [9.17, 15) is 14.4 Å². The Morgan fingerprint density at radius 3 is 2.54 bits per heavy atom. The molecule has 6 nitrogen and oxygen atoms in total. The van der Waals surface area contributed by atoms with Gasteiger partial charge in [0.05, 0.1) is 11.1 Å². The Hall–Kier alpha value is -1.73. The molecule has 7 heteroatoms. The number of amides is 3. The van der Waals surface area contributed by atoms with Gasteiger partial charge in [-0.2, -0.15) is 0 Å². The first-order valence-electron chi connectivity index (χ1n) is 10.0. The number of hydrogen-bond donors (Lipinski definition) is 1. The van der Waals surface area contributed by atoms with E-state index in [4.69, 9.17) is 0 Å². The molecule has 1 aromatic rings. The molecular formula is C21H28BrN3O3. The number of carbonyl (C=O) groups is 3. The molecule has 2 heterocycles. The Morgan fingerprint density at radius 2 is 1.86 bits per heavy atom. The van der Waals surface area contributed by atoms with Crippen LogP contribution in [-0.4, -0.2) is 59.7 Å². The van der Waals surface area contributed by atoms with Gasteiger partial charge in [-0.05, 0) is 43.4 Å². The highest BCUT2D eigenvalue weighted by Crippen LogP contribution is 2.26. The van der Waals surface area contributed by atoms with Crippen molar-refractivity contribution in [3.05, 3.63) is 33.8 Å². The monoisotopic (exact) mass is 449 g/mol. The molecule has 3 rings (SSSR count). The van der Waals surface area contributed by atoms with E-state index in [1.165, 1.54) is 4.90 Å². The van der Waals surface area contributed by atoms with Crippen LogP contribution in [0.3, 0.4) is 0 Å². The van der Waals surface area contributed by atoms with E-state index >= 15 is 0 Å². The van der Waals surface area contributed by atoms with Gasteiger partial charge in [-0.25, -0.2) is 0 Å². The smallest absolute Gasteiger partial charge is 0.261 e. The third-order valence-electron chi connectivity index (χ3n) is 5.29. The molecule has 0 aromatic heterocycles. The predicted molar refractivity (Wildman–Crippen MR) is 111 cm³/mol. The zero-order valence-corrected chi connectivity index (χ0v) is 18.1. The van der Waals surface area contributed by atoms with Crippen molar-refractivity contribution in [2.75, 3.05) is 26.2 Å². The first kappa shape index (κ1) is 21.0. The Morgan fingerprint density at radius 1 is 1.18 bits per heavy atom. The standard InChI is InChI=1S/C21H28BrN3O3/c1-14(2)13-24-10-7-16(8-11-24)23-19(26)4-3-9-25-20(27)17-6-5-15(22)12-18(17)21(25)28/h5-6,12,14,16H,3-4,7-11,13H2,1-2H3,(H,23,26). The number of rotatable bonds is 7. The summed E-state index contributed by atoms with van der Waals surface area (Å²) in [5, 5.41) is 3.10. The van der Waals surface area contributed by atoms with Gasteiger partial charge in [0.2, 0.25) is 5.91 Å². The molecule has 3 amide bonds.